The predicted octanol–water partition coefficient (Wildman–Crippen LogP) is 4.78. The van der Waals surface area contributed by atoms with E-state index in [4.69, 9.17) is 16.0 Å². The van der Waals surface area contributed by atoms with Gasteiger partial charge in [-0.3, -0.25) is 0 Å². The first-order valence-electron chi connectivity index (χ1n) is 10.6. The number of esters is 1. The van der Waals surface area contributed by atoms with Crippen molar-refractivity contribution in [1.29, 1.82) is 0 Å². The molecule has 0 amide bonds. The third-order valence-electron chi connectivity index (χ3n) is 5.80. The van der Waals surface area contributed by atoms with Crippen LogP contribution >= 0.6 is 17.2 Å². The second kappa shape index (κ2) is 8.90. The van der Waals surface area contributed by atoms with Crippen molar-refractivity contribution in [1.82, 2.24) is 9.78 Å². The van der Waals surface area contributed by atoms with Crippen LogP contribution in [0.25, 0.3) is 0 Å². The Morgan fingerprint density at radius 2 is 1.31 bits per heavy atom. The second-order valence-electron chi connectivity index (χ2n) is 7.71. The molecule has 0 saturated carbocycles. The van der Waals surface area contributed by atoms with Gasteiger partial charge in [0.25, 0.3) is 0 Å². The Balaban J connectivity index is 2.00. The van der Waals surface area contributed by atoms with Gasteiger partial charge < -0.3 is 0 Å². The number of carbonyl (C=O) groups excluding carboxylic acids is 1. The van der Waals surface area contributed by atoms with E-state index in [0.29, 0.717) is 18.5 Å². The molecule has 164 valence electrons. The summed E-state index contributed by atoms with van der Waals surface area (Å²) in [5.74, 6) is -3.92. The van der Waals surface area contributed by atoms with Gasteiger partial charge in [0.2, 0.25) is 0 Å². The molecule has 4 nitrogen and oxygen atoms in total. The molecule has 0 N–H and O–H groups in total. The Hall–Kier alpha value is -2.94. The van der Waals surface area contributed by atoms with Gasteiger partial charge in [-0.25, -0.2) is 0 Å². The molecule has 0 bridgehead atoms. The van der Waals surface area contributed by atoms with Crippen LogP contribution in [0.2, 0.25) is 0 Å². The number of aryl methyl sites for hydroxylation is 1. The van der Waals surface area contributed by atoms with Crippen molar-refractivity contribution in [2.24, 2.45) is 7.05 Å². The number of carbonyl (C=O) groups is 1. The van der Waals surface area contributed by atoms with Crippen LogP contribution in [0.15, 0.2) is 97.1 Å². The molecule has 0 fully saturated rings. The van der Waals surface area contributed by atoms with Crippen molar-refractivity contribution < 1.29 is 9.53 Å². The number of rotatable bonds is 7. The van der Waals surface area contributed by atoms with Crippen LogP contribution in [-0.4, -0.2) is 22.4 Å². The molecule has 3 aromatic carbocycles. The summed E-state index contributed by atoms with van der Waals surface area (Å²) in [5, 5.41) is 7.63. The Kier molecular flexibility index (Phi) is 6.19. The molecule has 0 aliphatic rings. The van der Waals surface area contributed by atoms with Gasteiger partial charge in [0.15, 0.2) is 0 Å². The van der Waals surface area contributed by atoms with Crippen LogP contribution in [0.1, 0.15) is 23.1 Å². The van der Waals surface area contributed by atoms with Gasteiger partial charge in [-0.2, -0.15) is 0 Å². The minimum absolute atomic E-state index is 0.292. The summed E-state index contributed by atoms with van der Waals surface area (Å²) in [6, 6.07) is 32.6. The van der Waals surface area contributed by atoms with E-state index in [1.807, 2.05) is 61.6 Å². The normalized spacial score (nSPS) is 12.7. The summed E-state index contributed by atoms with van der Waals surface area (Å²) in [6.45, 7) is 2.09. The Morgan fingerprint density at radius 1 is 0.875 bits per heavy atom. The molecular formula is C26H26ClN2O2P. The van der Waals surface area contributed by atoms with Crippen molar-refractivity contribution in [3.05, 3.63) is 108 Å². The number of hydrogen-bond acceptors (Lipinski definition) is 3. The fraction of sp³-hybridized carbons (Fsp3) is 0.154. The first-order valence-corrected chi connectivity index (χ1v) is 13.9. The van der Waals surface area contributed by atoms with E-state index in [1.165, 1.54) is 0 Å². The monoisotopic (exact) mass is 464 g/mol. The third-order valence-corrected chi connectivity index (χ3v) is 13.0. The molecule has 32 heavy (non-hydrogen) atoms. The summed E-state index contributed by atoms with van der Waals surface area (Å²) in [5.41, 5.74) is 1.16. The van der Waals surface area contributed by atoms with E-state index in [9.17, 15) is 4.79 Å². The van der Waals surface area contributed by atoms with E-state index in [-0.39, 0.29) is 0 Å². The summed E-state index contributed by atoms with van der Waals surface area (Å²) < 4.78 is 6.91. The molecular weight excluding hydrogens is 439 g/mol. The topological polar surface area (TPSA) is 44.1 Å². The zero-order chi connectivity index (χ0) is 22.6. The van der Waals surface area contributed by atoms with Crippen LogP contribution in [0.5, 0.6) is 0 Å². The summed E-state index contributed by atoms with van der Waals surface area (Å²) in [6.07, 6.45) is 0.508. The van der Waals surface area contributed by atoms with Crippen LogP contribution in [0.3, 0.4) is 0 Å². The Bertz CT molecular complexity index is 1110. The van der Waals surface area contributed by atoms with E-state index < -0.39 is 11.9 Å². The van der Waals surface area contributed by atoms with Gasteiger partial charge in [-0.1, -0.05) is 0 Å². The maximum absolute atomic E-state index is 12.3. The fourth-order valence-electron chi connectivity index (χ4n) is 4.20. The predicted molar refractivity (Wildman–Crippen MR) is 134 cm³/mol. The molecule has 4 aromatic rings. The summed E-state index contributed by atoms with van der Waals surface area (Å²) in [7, 11) is 1.84. The van der Waals surface area contributed by atoms with Crippen LogP contribution in [0, 0.1) is 0 Å². The fourth-order valence-corrected chi connectivity index (χ4v) is 10.3. The zero-order valence-electron chi connectivity index (χ0n) is 18.2. The zero-order valence-corrected chi connectivity index (χ0v) is 19.8. The molecule has 0 unspecified atom stereocenters. The summed E-state index contributed by atoms with van der Waals surface area (Å²) in [4.78, 5) is 12.3. The average Bonchev–Trinajstić information content (AvgIpc) is 3.21. The molecule has 0 aliphatic heterocycles. The molecule has 0 saturated heterocycles. The molecule has 1 aromatic heterocycles. The van der Waals surface area contributed by atoms with Gasteiger partial charge in [0, 0.05) is 0 Å². The van der Waals surface area contributed by atoms with Gasteiger partial charge in [-0.15, -0.1) is 0 Å². The van der Waals surface area contributed by atoms with Gasteiger partial charge >= 0.3 is 194 Å². The molecule has 0 aliphatic carbocycles. The molecule has 0 radical (unpaired) electrons. The first kappa shape index (κ1) is 22.3. The van der Waals surface area contributed by atoms with Crippen molar-refractivity contribution in [2.75, 3.05) is 6.61 Å². The van der Waals surface area contributed by atoms with E-state index >= 15 is 0 Å². The molecule has 0 spiro atoms. The number of benzene rings is 3. The van der Waals surface area contributed by atoms with Gasteiger partial charge in [0.05, 0.1) is 0 Å². The summed E-state index contributed by atoms with van der Waals surface area (Å²) >= 11 is 8.10. The van der Waals surface area contributed by atoms with Crippen molar-refractivity contribution >= 4 is 39.1 Å². The minimum atomic E-state index is -3.50. The average molecular weight is 465 g/mol. The van der Waals surface area contributed by atoms with E-state index in [2.05, 4.69) is 41.5 Å². The first-order chi connectivity index (χ1) is 15.5. The Morgan fingerprint density at radius 3 is 1.72 bits per heavy atom. The molecule has 0 atom stereocenters. The van der Waals surface area contributed by atoms with Crippen molar-refractivity contribution in [3.8, 4) is 0 Å². The number of aromatic nitrogens is 2. The van der Waals surface area contributed by atoms with E-state index in [1.54, 1.807) is 17.7 Å². The quantitative estimate of drug-likeness (QED) is 0.292. The number of halogens is 1. The maximum atomic E-state index is 12.3. The molecule has 6 heteroatoms. The molecule has 1 heterocycles. The van der Waals surface area contributed by atoms with E-state index in [0.717, 1.165) is 21.6 Å². The SMILES string of the molecule is CCOC(=O)c1cc(CP(Cl)(c2ccccc2)(c2ccccc2)c2ccccc2)n(C)n1. The Labute approximate surface area is 193 Å². The molecule has 4 rings (SSSR count). The van der Waals surface area contributed by atoms with Gasteiger partial charge in [-0.05, 0) is 0 Å². The van der Waals surface area contributed by atoms with Crippen LogP contribution in [-0.2, 0) is 17.9 Å². The van der Waals surface area contributed by atoms with Crippen LogP contribution < -0.4 is 15.9 Å². The number of ether oxygens (including phenoxy) is 1. The van der Waals surface area contributed by atoms with Gasteiger partial charge in [0.1, 0.15) is 0 Å². The number of nitrogens with zero attached hydrogens (tertiary/aromatic N) is 2. The van der Waals surface area contributed by atoms with Crippen molar-refractivity contribution in [2.45, 2.75) is 13.1 Å². The third kappa shape index (κ3) is 3.74. The number of hydrogen-bond donors (Lipinski definition) is 0. The standard InChI is InChI=1S/C26H26ClN2O2P/c1-3-31-26(30)25-19-21(29(2)28-25)20-32(27,22-13-7-4-8-14-22,23-15-9-5-10-16-23)24-17-11-6-12-18-24/h4-19H,3,20H2,1-2H3. The van der Waals surface area contributed by atoms with Crippen molar-refractivity contribution in [3.63, 3.8) is 0 Å². The second-order valence-corrected chi connectivity index (χ2v) is 14.2. The van der Waals surface area contributed by atoms with Crippen LogP contribution in [0.4, 0.5) is 0 Å².